The monoisotopic (exact) mass is 352 g/mol. The average Bonchev–Trinajstić information content (AvgIpc) is 2.63. The third-order valence-corrected chi connectivity index (χ3v) is 5.04. The summed E-state index contributed by atoms with van der Waals surface area (Å²) in [7, 11) is 0. The molecule has 1 aromatic rings. The van der Waals surface area contributed by atoms with E-state index in [-0.39, 0.29) is 30.3 Å². The van der Waals surface area contributed by atoms with Crippen molar-refractivity contribution in [1.29, 1.82) is 0 Å². The molecule has 0 saturated carbocycles. The maximum atomic E-state index is 12.6. The van der Waals surface area contributed by atoms with Crippen LogP contribution >= 0.6 is 12.4 Å². The van der Waals surface area contributed by atoms with Gasteiger partial charge in [0, 0.05) is 13.2 Å². The molecule has 24 heavy (non-hydrogen) atoms. The Balaban J connectivity index is 0.00000208. The van der Waals surface area contributed by atoms with Crippen LogP contribution in [0.2, 0.25) is 0 Å². The molecular formula is C19H29ClN2O2. The summed E-state index contributed by atoms with van der Waals surface area (Å²) >= 11 is 0. The van der Waals surface area contributed by atoms with Gasteiger partial charge >= 0.3 is 0 Å². The van der Waals surface area contributed by atoms with Gasteiger partial charge in [0.15, 0.2) is 0 Å². The molecule has 134 valence electrons. The molecule has 5 heteroatoms. The zero-order valence-electron chi connectivity index (χ0n) is 14.2. The quantitative estimate of drug-likeness (QED) is 0.856. The van der Waals surface area contributed by atoms with Crippen LogP contribution in [0.1, 0.15) is 43.8 Å². The minimum atomic E-state index is -0.0960. The highest BCUT2D eigenvalue weighted by Gasteiger charge is 2.32. The van der Waals surface area contributed by atoms with Crippen molar-refractivity contribution < 1.29 is 9.53 Å². The van der Waals surface area contributed by atoms with Gasteiger partial charge in [-0.05, 0) is 56.7 Å². The number of piperidine rings is 1. The van der Waals surface area contributed by atoms with Crippen molar-refractivity contribution in [2.24, 2.45) is 11.8 Å². The van der Waals surface area contributed by atoms with Crippen molar-refractivity contribution in [3.63, 3.8) is 0 Å². The van der Waals surface area contributed by atoms with E-state index in [0.717, 1.165) is 51.1 Å². The predicted octanol–water partition coefficient (Wildman–Crippen LogP) is 3.08. The lowest BCUT2D eigenvalue weighted by Crippen LogP contribution is -2.39. The lowest BCUT2D eigenvalue weighted by molar-refractivity contribution is -0.134. The van der Waals surface area contributed by atoms with Gasteiger partial charge in [0.25, 0.3) is 0 Å². The van der Waals surface area contributed by atoms with Crippen molar-refractivity contribution in [2.45, 2.75) is 38.2 Å². The molecule has 2 aliphatic rings. The smallest absolute Gasteiger partial charge is 0.226 e. The van der Waals surface area contributed by atoms with E-state index in [1.54, 1.807) is 0 Å². The molecule has 0 radical (unpaired) electrons. The summed E-state index contributed by atoms with van der Waals surface area (Å²) in [4.78, 5) is 12.6. The Morgan fingerprint density at radius 3 is 2.79 bits per heavy atom. The van der Waals surface area contributed by atoms with E-state index in [9.17, 15) is 4.79 Å². The maximum Gasteiger partial charge on any atom is 0.226 e. The van der Waals surface area contributed by atoms with Crippen LogP contribution in [0.15, 0.2) is 30.3 Å². The number of rotatable bonds is 5. The largest absolute Gasteiger partial charge is 0.373 e. The van der Waals surface area contributed by atoms with Crippen LogP contribution in [0.25, 0.3) is 0 Å². The van der Waals surface area contributed by atoms with Gasteiger partial charge in [-0.15, -0.1) is 12.4 Å². The molecule has 0 aromatic heterocycles. The van der Waals surface area contributed by atoms with Gasteiger partial charge in [-0.1, -0.05) is 30.3 Å². The molecule has 4 nitrogen and oxygen atoms in total. The molecule has 2 saturated heterocycles. The Hall–Kier alpha value is -1.10. The summed E-state index contributed by atoms with van der Waals surface area (Å²) < 4.78 is 5.92. The fourth-order valence-corrected chi connectivity index (χ4v) is 3.72. The molecule has 2 N–H and O–H groups in total. The van der Waals surface area contributed by atoms with Gasteiger partial charge in [-0.25, -0.2) is 0 Å². The van der Waals surface area contributed by atoms with Crippen LogP contribution in [-0.2, 0) is 9.53 Å². The highest BCUT2D eigenvalue weighted by atomic mass is 35.5. The fraction of sp³-hybridized carbons (Fsp3) is 0.632. The normalized spacial score (nSPS) is 27.1. The first-order chi connectivity index (χ1) is 11.3. The number of hydrogen-bond acceptors (Lipinski definition) is 3. The van der Waals surface area contributed by atoms with Gasteiger partial charge in [0.05, 0.1) is 12.0 Å². The maximum absolute atomic E-state index is 12.6. The van der Waals surface area contributed by atoms with Gasteiger partial charge in [-0.2, -0.15) is 0 Å². The first kappa shape index (κ1) is 19.2. The zero-order valence-corrected chi connectivity index (χ0v) is 15.0. The van der Waals surface area contributed by atoms with Crippen molar-refractivity contribution >= 4 is 18.3 Å². The summed E-state index contributed by atoms with van der Waals surface area (Å²) in [6.07, 6.45) is 5.39. The second-order valence-electron chi connectivity index (χ2n) is 6.74. The van der Waals surface area contributed by atoms with Crippen molar-refractivity contribution in [3.05, 3.63) is 35.9 Å². The van der Waals surface area contributed by atoms with Crippen LogP contribution in [0.5, 0.6) is 0 Å². The van der Waals surface area contributed by atoms with E-state index in [2.05, 4.69) is 22.8 Å². The number of benzene rings is 1. The second-order valence-corrected chi connectivity index (χ2v) is 6.74. The van der Waals surface area contributed by atoms with Crippen molar-refractivity contribution in [1.82, 2.24) is 10.6 Å². The minimum Gasteiger partial charge on any atom is -0.373 e. The standard InChI is InChI=1S/C19H28N2O2.ClH/c22-19(21-12-10-15-6-4-11-20-14-15)17-9-5-13-23-18(17)16-7-2-1-3-8-16;/h1-3,7-8,15,17-18,20H,4-6,9-14H2,(H,21,22);1H. The van der Waals surface area contributed by atoms with Crippen LogP contribution in [-0.4, -0.2) is 32.1 Å². The minimum absolute atomic E-state index is 0. The third kappa shape index (κ3) is 5.20. The molecule has 0 aliphatic carbocycles. The molecule has 0 spiro atoms. The van der Waals surface area contributed by atoms with E-state index < -0.39 is 0 Å². The highest BCUT2D eigenvalue weighted by Crippen LogP contribution is 2.33. The van der Waals surface area contributed by atoms with Gasteiger partial charge in [0.2, 0.25) is 5.91 Å². The number of hydrogen-bond donors (Lipinski definition) is 2. The first-order valence-corrected chi connectivity index (χ1v) is 8.99. The lowest BCUT2D eigenvalue weighted by Gasteiger charge is -2.31. The van der Waals surface area contributed by atoms with Crippen LogP contribution in [0, 0.1) is 11.8 Å². The lowest BCUT2D eigenvalue weighted by atomic mass is 9.88. The predicted molar refractivity (Wildman–Crippen MR) is 98.3 cm³/mol. The second kappa shape index (κ2) is 10.0. The van der Waals surface area contributed by atoms with E-state index in [0.29, 0.717) is 5.92 Å². The van der Waals surface area contributed by atoms with Gasteiger partial charge in [0.1, 0.15) is 0 Å². The zero-order chi connectivity index (χ0) is 15.9. The number of halogens is 1. The van der Waals surface area contributed by atoms with E-state index in [1.807, 2.05) is 18.2 Å². The number of carbonyl (C=O) groups is 1. The molecular weight excluding hydrogens is 324 g/mol. The van der Waals surface area contributed by atoms with E-state index in [4.69, 9.17) is 4.74 Å². The summed E-state index contributed by atoms with van der Waals surface area (Å²) in [5.41, 5.74) is 1.11. The molecule has 2 heterocycles. The Bertz CT molecular complexity index is 491. The van der Waals surface area contributed by atoms with E-state index >= 15 is 0 Å². The Kier molecular flexibility index (Phi) is 8.03. The molecule has 0 bridgehead atoms. The van der Waals surface area contributed by atoms with Crippen molar-refractivity contribution in [2.75, 3.05) is 26.2 Å². The Morgan fingerprint density at radius 2 is 2.04 bits per heavy atom. The molecule has 3 atom stereocenters. The average molecular weight is 353 g/mol. The van der Waals surface area contributed by atoms with Crippen LogP contribution in [0.4, 0.5) is 0 Å². The molecule has 3 unspecified atom stereocenters. The molecule has 1 aromatic carbocycles. The Morgan fingerprint density at radius 1 is 1.21 bits per heavy atom. The van der Waals surface area contributed by atoms with E-state index in [1.165, 1.54) is 12.8 Å². The molecule has 3 rings (SSSR count). The summed E-state index contributed by atoms with van der Waals surface area (Å²) in [6.45, 7) is 3.76. The van der Waals surface area contributed by atoms with Crippen molar-refractivity contribution in [3.8, 4) is 0 Å². The summed E-state index contributed by atoms with van der Waals surface area (Å²) in [5.74, 6) is 0.800. The topological polar surface area (TPSA) is 50.4 Å². The number of amides is 1. The number of nitrogens with one attached hydrogen (secondary N) is 2. The number of ether oxygens (including phenoxy) is 1. The molecule has 2 fully saturated rings. The Labute approximate surface area is 151 Å². The van der Waals surface area contributed by atoms with Gasteiger partial charge in [-0.3, -0.25) is 4.79 Å². The van der Waals surface area contributed by atoms with Crippen LogP contribution < -0.4 is 10.6 Å². The fourth-order valence-electron chi connectivity index (χ4n) is 3.72. The molecule has 1 amide bonds. The summed E-state index contributed by atoms with van der Waals surface area (Å²) in [6, 6.07) is 10.1. The first-order valence-electron chi connectivity index (χ1n) is 8.99. The molecule has 2 aliphatic heterocycles. The third-order valence-electron chi connectivity index (χ3n) is 5.04. The highest BCUT2D eigenvalue weighted by molar-refractivity contribution is 5.85. The van der Waals surface area contributed by atoms with Crippen LogP contribution in [0.3, 0.4) is 0 Å². The van der Waals surface area contributed by atoms with Gasteiger partial charge < -0.3 is 15.4 Å². The SMILES string of the molecule is Cl.O=C(NCCC1CCCNC1)C1CCCOC1c1ccccc1. The number of carbonyl (C=O) groups excluding carboxylic acids is 1. The summed E-state index contributed by atoms with van der Waals surface area (Å²) in [5, 5.41) is 6.58.